The first-order valence-electron chi connectivity index (χ1n) is 4.51. The van der Waals surface area contributed by atoms with Crippen LogP contribution in [0.15, 0.2) is 16.7 Å². The number of nitrogens with two attached hydrogens (primary N) is 1. The van der Waals surface area contributed by atoms with Crippen LogP contribution in [0.1, 0.15) is 24.1 Å². The first-order chi connectivity index (χ1) is 6.18. The van der Waals surface area contributed by atoms with Gasteiger partial charge in [-0.15, -0.1) is 0 Å². The SMILES string of the molecule is Cc1cc(C2(CN)CC2)ncc1Br. The van der Waals surface area contributed by atoms with Gasteiger partial charge in [-0.1, -0.05) is 0 Å². The summed E-state index contributed by atoms with van der Waals surface area (Å²) in [5.41, 5.74) is 8.35. The molecule has 70 valence electrons. The summed E-state index contributed by atoms with van der Waals surface area (Å²) in [6.45, 7) is 2.81. The van der Waals surface area contributed by atoms with Crippen molar-refractivity contribution in [1.82, 2.24) is 4.98 Å². The Balaban J connectivity index is 2.37. The van der Waals surface area contributed by atoms with Crippen LogP contribution in [0.25, 0.3) is 0 Å². The van der Waals surface area contributed by atoms with Crippen LogP contribution in [0.2, 0.25) is 0 Å². The number of pyridine rings is 1. The molecule has 1 heterocycles. The summed E-state index contributed by atoms with van der Waals surface area (Å²) in [5.74, 6) is 0. The molecule has 1 aliphatic rings. The van der Waals surface area contributed by atoms with Gasteiger partial charge in [-0.05, 0) is 47.3 Å². The third kappa shape index (κ3) is 1.51. The molecule has 0 aromatic carbocycles. The van der Waals surface area contributed by atoms with Crippen molar-refractivity contribution in [1.29, 1.82) is 0 Å². The highest BCUT2D eigenvalue weighted by Gasteiger charge is 2.44. The van der Waals surface area contributed by atoms with Crippen LogP contribution in [0, 0.1) is 6.92 Å². The minimum atomic E-state index is 0.214. The predicted octanol–water partition coefficient (Wildman–Crippen LogP) is 2.14. The maximum Gasteiger partial charge on any atom is 0.0481 e. The number of rotatable bonds is 2. The van der Waals surface area contributed by atoms with E-state index in [9.17, 15) is 0 Å². The van der Waals surface area contributed by atoms with Crippen molar-refractivity contribution in [2.45, 2.75) is 25.2 Å². The number of aryl methyl sites for hydroxylation is 1. The second-order valence-corrected chi connectivity index (χ2v) is 4.66. The monoisotopic (exact) mass is 240 g/mol. The molecule has 0 saturated heterocycles. The largest absolute Gasteiger partial charge is 0.330 e. The molecule has 2 N–H and O–H groups in total. The van der Waals surface area contributed by atoms with E-state index in [1.165, 1.54) is 18.4 Å². The van der Waals surface area contributed by atoms with Gasteiger partial charge in [-0.25, -0.2) is 0 Å². The van der Waals surface area contributed by atoms with E-state index in [0.717, 1.165) is 16.7 Å². The molecule has 0 aliphatic heterocycles. The molecule has 0 radical (unpaired) electrons. The van der Waals surface area contributed by atoms with Crippen molar-refractivity contribution in [3.63, 3.8) is 0 Å². The molecule has 0 unspecified atom stereocenters. The summed E-state index contributed by atoms with van der Waals surface area (Å²) in [6.07, 6.45) is 4.26. The van der Waals surface area contributed by atoms with Gasteiger partial charge in [-0.3, -0.25) is 4.98 Å². The summed E-state index contributed by atoms with van der Waals surface area (Å²) in [7, 11) is 0. The molecule has 1 fully saturated rings. The van der Waals surface area contributed by atoms with Gasteiger partial charge in [0.1, 0.15) is 0 Å². The van der Waals surface area contributed by atoms with Gasteiger partial charge in [0.25, 0.3) is 0 Å². The molecule has 1 saturated carbocycles. The normalized spacial score (nSPS) is 18.7. The van der Waals surface area contributed by atoms with Crippen LogP contribution in [0.3, 0.4) is 0 Å². The quantitative estimate of drug-likeness (QED) is 0.861. The maximum absolute atomic E-state index is 5.74. The third-order valence-electron chi connectivity index (χ3n) is 2.83. The topological polar surface area (TPSA) is 38.9 Å². The van der Waals surface area contributed by atoms with Gasteiger partial charge in [-0.2, -0.15) is 0 Å². The van der Waals surface area contributed by atoms with E-state index in [1.54, 1.807) is 0 Å². The first-order valence-corrected chi connectivity index (χ1v) is 5.30. The number of nitrogens with zero attached hydrogens (tertiary/aromatic N) is 1. The van der Waals surface area contributed by atoms with E-state index in [1.807, 2.05) is 6.20 Å². The summed E-state index contributed by atoms with van der Waals surface area (Å²) >= 11 is 3.44. The molecule has 1 aromatic heterocycles. The predicted molar refractivity (Wildman–Crippen MR) is 56.6 cm³/mol. The Morgan fingerprint density at radius 1 is 1.62 bits per heavy atom. The van der Waals surface area contributed by atoms with E-state index in [2.05, 4.69) is 33.9 Å². The van der Waals surface area contributed by atoms with Crippen molar-refractivity contribution in [3.8, 4) is 0 Å². The Bertz CT molecular complexity index is 332. The van der Waals surface area contributed by atoms with Crippen LogP contribution < -0.4 is 5.73 Å². The molecular formula is C10H13BrN2. The minimum absolute atomic E-state index is 0.214. The van der Waals surface area contributed by atoms with Gasteiger partial charge in [0, 0.05) is 28.3 Å². The first kappa shape index (κ1) is 9.16. The maximum atomic E-state index is 5.74. The standard InChI is InChI=1S/C10H13BrN2/c1-7-4-9(13-5-8(7)11)10(6-12)2-3-10/h4-5H,2-3,6,12H2,1H3. The molecule has 1 aliphatic carbocycles. The van der Waals surface area contributed by atoms with Crippen LogP contribution in [0.4, 0.5) is 0 Å². The summed E-state index contributed by atoms with van der Waals surface area (Å²) in [5, 5.41) is 0. The summed E-state index contributed by atoms with van der Waals surface area (Å²) in [4.78, 5) is 4.42. The zero-order chi connectivity index (χ0) is 9.47. The van der Waals surface area contributed by atoms with Crippen LogP contribution >= 0.6 is 15.9 Å². The smallest absolute Gasteiger partial charge is 0.0481 e. The molecule has 0 amide bonds. The summed E-state index contributed by atoms with van der Waals surface area (Å²) in [6, 6.07) is 2.14. The molecular weight excluding hydrogens is 228 g/mol. The fraction of sp³-hybridized carbons (Fsp3) is 0.500. The molecule has 0 spiro atoms. The van der Waals surface area contributed by atoms with Crippen molar-refractivity contribution in [2.75, 3.05) is 6.54 Å². The lowest BCUT2D eigenvalue weighted by atomic mass is 10.0. The zero-order valence-electron chi connectivity index (χ0n) is 7.68. The molecule has 3 heteroatoms. The number of aromatic nitrogens is 1. The second-order valence-electron chi connectivity index (χ2n) is 3.80. The molecule has 2 nitrogen and oxygen atoms in total. The van der Waals surface area contributed by atoms with Crippen molar-refractivity contribution in [2.24, 2.45) is 5.73 Å². The highest BCUT2D eigenvalue weighted by atomic mass is 79.9. The Kier molecular flexibility index (Phi) is 2.16. The number of halogens is 1. The van der Waals surface area contributed by atoms with Gasteiger partial charge < -0.3 is 5.73 Å². The van der Waals surface area contributed by atoms with Crippen LogP contribution in [0.5, 0.6) is 0 Å². The Morgan fingerprint density at radius 3 is 2.77 bits per heavy atom. The lowest BCUT2D eigenvalue weighted by molar-refractivity contribution is 0.677. The Hall–Kier alpha value is -0.410. The lowest BCUT2D eigenvalue weighted by Crippen LogP contribution is -2.21. The van der Waals surface area contributed by atoms with E-state index in [0.29, 0.717) is 0 Å². The van der Waals surface area contributed by atoms with Crippen LogP contribution in [-0.2, 0) is 5.41 Å². The highest BCUT2D eigenvalue weighted by Crippen LogP contribution is 2.46. The third-order valence-corrected chi connectivity index (χ3v) is 3.66. The Morgan fingerprint density at radius 2 is 2.31 bits per heavy atom. The van der Waals surface area contributed by atoms with Crippen molar-refractivity contribution < 1.29 is 0 Å². The fourth-order valence-electron chi connectivity index (χ4n) is 1.55. The van der Waals surface area contributed by atoms with Gasteiger partial charge >= 0.3 is 0 Å². The van der Waals surface area contributed by atoms with Gasteiger partial charge in [0.2, 0.25) is 0 Å². The second kappa shape index (κ2) is 3.07. The zero-order valence-corrected chi connectivity index (χ0v) is 9.26. The van der Waals surface area contributed by atoms with Crippen molar-refractivity contribution in [3.05, 3.63) is 28.0 Å². The van der Waals surface area contributed by atoms with Gasteiger partial charge in [0.05, 0.1) is 0 Å². The highest BCUT2D eigenvalue weighted by molar-refractivity contribution is 9.10. The minimum Gasteiger partial charge on any atom is -0.330 e. The van der Waals surface area contributed by atoms with Crippen LogP contribution in [-0.4, -0.2) is 11.5 Å². The summed E-state index contributed by atoms with van der Waals surface area (Å²) < 4.78 is 1.07. The molecule has 0 bridgehead atoms. The number of hydrogen-bond donors (Lipinski definition) is 1. The average Bonchev–Trinajstić information content (AvgIpc) is 2.90. The van der Waals surface area contributed by atoms with E-state index >= 15 is 0 Å². The fourth-order valence-corrected chi connectivity index (χ4v) is 1.76. The number of hydrogen-bond acceptors (Lipinski definition) is 2. The molecule has 2 rings (SSSR count). The van der Waals surface area contributed by atoms with Gasteiger partial charge in [0.15, 0.2) is 0 Å². The average molecular weight is 241 g/mol. The van der Waals surface area contributed by atoms with Crippen molar-refractivity contribution >= 4 is 15.9 Å². The molecule has 0 atom stereocenters. The lowest BCUT2D eigenvalue weighted by Gasteiger charge is -2.12. The van der Waals surface area contributed by atoms with E-state index in [-0.39, 0.29) is 5.41 Å². The molecule has 1 aromatic rings. The molecule has 13 heavy (non-hydrogen) atoms. The van der Waals surface area contributed by atoms with E-state index < -0.39 is 0 Å². The Labute approximate surface area is 86.7 Å². The van der Waals surface area contributed by atoms with E-state index in [4.69, 9.17) is 5.73 Å².